The van der Waals surface area contributed by atoms with Crippen molar-refractivity contribution >= 4 is 53.1 Å². The maximum atomic E-state index is 12.8. The van der Waals surface area contributed by atoms with Gasteiger partial charge in [-0.2, -0.15) is 35.3 Å². The van der Waals surface area contributed by atoms with E-state index in [0.717, 1.165) is 36.5 Å². The fraction of sp³-hybridized carbons (Fsp3) is 0.941. The topological polar surface area (TPSA) is 84.5 Å². The predicted octanol–water partition coefficient (Wildman–Crippen LogP) is 15.4. The van der Waals surface area contributed by atoms with E-state index < -0.39 is 6.10 Å². The van der Waals surface area contributed by atoms with Crippen LogP contribution in [-0.4, -0.2) is 71.5 Å². The Balaban J connectivity index is 4.30. The van der Waals surface area contributed by atoms with E-state index in [0.29, 0.717) is 17.3 Å². The van der Waals surface area contributed by atoms with E-state index in [1.165, 1.54) is 212 Å². The lowest BCUT2D eigenvalue weighted by Gasteiger charge is -2.19. The minimum absolute atomic E-state index is 0.0365. The van der Waals surface area contributed by atoms with Crippen molar-refractivity contribution in [2.24, 2.45) is 0 Å². The summed E-state index contributed by atoms with van der Waals surface area (Å²) in [5.74, 6) is 3.73. The third-order valence-electron chi connectivity index (χ3n) is 11.5. The summed E-state index contributed by atoms with van der Waals surface area (Å²) in [4.78, 5) is 38.2. The lowest BCUT2D eigenvalue weighted by Crippen LogP contribution is -2.43. The first-order valence-corrected chi connectivity index (χ1v) is 29.5. The number of ether oxygens (including phenoxy) is 1. The summed E-state index contributed by atoms with van der Waals surface area (Å²) < 4.78 is 5.82. The van der Waals surface area contributed by atoms with Crippen LogP contribution in [0, 0.1) is 0 Å². The molecular formula is C51H100N2O4S3. The molecule has 0 saturated heterocycles. The fourth-order valence-corrected chi connectivity index (χ4v) is 10.0. The van der Waals surface area contributed by atoms with Crippen molar-refractivity contribution in [3.05, 3.63) is 0 Å². The van der Waals surface area contributed by atoms with E-state index in [1.54, 1.807) is 35.3 Å². The Hall–Kier alpha value is -0.540. The largest absolute Gasteiger partial charge is 0.458 e. The first kappa shape index (κ1) is 59.5. The molecule has 0 radical (unpaired) electrons. The molecule has 6 nitrogen and oxygen atoms in total. The molecule has 356 valence electrons. The first-order chi connectivity index (χ1) is 29.5. The Morgan fingerprint density at radius 2 is 0.583 bits per heavy atom. The summed E-state index contributed by atoms with van der Waals surface area (Å²) >= 11 is 4.99. The highest BCUT2D eigenvalue weighted by atomic mass is 32.2. The Morgan fingerprint density at radius 1 is 0.350 bits per heavy atom. The van der Waals surface area contributed by atoms with Crippen LogP contribution < -0.4 is 10.6 Å². The lowest BCUT2D eigenvalue weighted by atomic mass is 10.1. The highest BCUT2D eigenvalue weighted by Crippen LogP contribution is 2.16. The van der Waals surface area contributed by atoms with E-state index >= 15 is 0 Å². The van der Waals surface area contributed by atoms with Gasteiger partial charge in [-0.1, -0.05) is 233 Å². The van der Waals surface area contributed by atoms with E-state index in [9.17, 15) is 14.4 Å². The smallest absolute Gasteiger partial charge is 0.316 e. The van der Waals surface area contributed by atoms with E-state index in [2.05, 4.69) is 31.4 Å². The Bertz CT molecular complexity index is 864. The third-order valence-corrected chi connectivity index (χ3v) is 14.6. The van der Waals surface area contributed by atoms with Crippen LogP contribution in [0.5, 0.6) is 0 Å². The maximum Gasteiger partial charge on any atom is 0.316 e. The zero-order valence-corrected chi connectivity index (χ0v) is 42.5. The number of amides is 2. The number of hydrogen-bond donors (Lipinski definition) is 2. The molecule has 0 unspecified atom stereocenters. The molecule has 0 aromatic rings. The minimum Gasteiger partial charge on any atom is -0.458 e. The molecule has 0 heterocycles. The van der Waals surface area contributed by atoms with Crippen molar-refractivity contribution in [1.82, 2.24) is 10.6 Å². The molecule has 0 aliphatic heterocycles. The van der Waals surface area contributed by atoms with Crippen molar-refractivity contribution in [3.8, 4) is 0 Å². The van der Waals surface area contributed by atoms with Crippen LogP contribution in [0.4, 0.5) is 0 Å². The summed E-state index contributed by atoms with van der Waals surface area (Å²) in [5.41, 5.74) is 0. The monoisotopic (exact) mass is 901 g/mol. The molecule has 0 aliphatic carbocycles. The molecule has 60 heavy (non-hydrogen) atoms. The number of rotatable bonds is 50. The van der Waals surface area contributed by atoms with Crippen LogP contribution in [0.15, 0.2) is 0 Å². The number of hydrogen-bond acceptors (Lipinski definition) is 7. The molecule has 0 aliphatic rings. The van der Waals surface area contributed by atoms with Crippen LogP contribution in [0.2, 0.25) is 0 Å². The SMILES string of the molecule is CCCCCCCCCCCCCCSCC(=O)NCC(CNC(=O)CSCCCCCCCCCCCCCC)OC(=O)CSCCCCCCCCCCCCCC. The summed E-state index contributed by atoms with van der Waals surface area (Å²) in [6.45, 7) is 7.26. The summed E-state index contributed by atoms with van der Waals surface area (Å²) in [6.07, 6.45) is 47.4. The molecule has 0 atom stereocenters. The average molecular weight is 902 g/mol. The Kier molecular flexibility index (Phi) is 50.6. The number of carbonyl (C=O) groups excluding carboxylic acids is 3. The van der Waals surface area contributed by atoms with E-state index in [1.807, 2.05) is 0 Å². The lowest BCUT2D eigenvalue weighted by molar-refractivity contribution is -0.146. The zero-order chi connectivity index (χ0) is 43.7. The quantitative estimate of drug-likeness (QED) is 0.0465. The van der Waals surface area contributed by atoms with Crippen LogP contribution in [-0.2, 0) is 19.1 Å². The second-order valence-electron chi connectivity index (χ2n) is 17.5. The number of unbranched alkanes of at least 4 members (excludes halogenated alkanes) is 33. The normalized spacial score (nSPS) is 11.4. The Morgan fingerprint density at radius 3 is 0.850 bits per heavy atom. The predicted molar refractivity (Wildman–Crippen MR) is 271 cm³/mol. The first-order valence-electron chi connectivity index (χ1n) is 26.0. The van der Waals surface area contributed by atoms with Gasteiger partial charge in [-0.15, -0.1) is 0 Å². The number of carbonyl (C=O) groups is 3. The molecule has 0 rings (SSSR count). The van der Waals surface area contributed by atoms with E-state index in [4.69, 9.17) is 4.74 Å². The van der Waals surface area contributed by atoms with Gasteiger partial charge in [-0.3, -0.25) is 14.4 Å². The van der Waals surface area contributed by atoms with Gasteiger partial charge >= 0.3 is 5.97 Å². The minimum atomic E-state index is -0.569. The van der Waals surface area contributed by atoms with Gasteiger partial charge in [-0.25, -0.2) is 0 Å². The molecule has 0 aromatic carbocycles. The van der Waals surface area contributed by atoms with Crippen molar-refractivity contribution in [3.63, 3.8) is 0 Å². The van der Waals surface area contributed by atoms with Crippen LogP contribution >= 0.6 is 35.3 Å². The molecule has 0 saturated carbocycles. The number of nitrogens with one attached hydrogen (secondary N) is 2. The van der Waals surface area contributed by atoms with Crippen molar-refractivity contribution in [2.75, 3.05) is 47.6 Å². The summed E-state index contributed by atoms with van der Waals surface area (Å²) in [7, 11) is 0. The summed E-state index contributed by atoms with van der Waals surface area (Å²) in [5, 5.41) is 5.95. The Labute approximate surface area is 386 Å². The zero-order valence-electron chi connectivity index (χ0n) is 40.0. The van der Waals surface area contributed by atoms with Crippen LogP contribution in [0.25, 0.3) is 0 Å². The van der Waals surface area contributed by atoms with Gasteiger partial charge < -0.3 is 15.4 Å². The molecule has 0 aromatic heterocycles. The number of esters is 1. The van der Waals surface area contributed by atoms with Gasteiger partial charge in [-0.05, 0) is 36.5 Å². The molecule has 0 fully saturated rings. The second-order valence-corrected chi connectivity index (χ2v) is 20.9. The van der Waals surface area contributed by atoms with Gasteiger partial charge in [0.25, 0.3) is 0 Å². The third kappa shape index (κ3) is 48.5. The van der Waals surface area contributed by atoms with Crippen LogP contribution in [0.1, 0.15) is 252 Å². The van der Waals surface area contributed by atoms with Crippen molar-refractivity contribution in [2.45, 2.75) is 258 Å². The standard InChI is InChI=1S/C51H100N2O4S3/c1-4-7-10-13-16-19-22-25-28-31-34-37-40-58-45-49(54)52-43-48(57-51(56)47-60-42-39-36-33-30-27-24-21-18-15-12-9-6-3)44-53-50(55)46-59-41-38-35-32-29-26-23-20-17-14-11-8-5-2/h48H,4-47H2,1-3H3,(H,52,54)(H,53,55). The van der Waals surface area contributed by atoms with Crippen molar-refractivity contribution < 1.29 is 19.1 Å². The van der Waals surface area contributed by atoms with Gasteiger partial charge in [0.1, 0.15) is 6.10 Å². The highest BCUT2D eigenvalue weighted by molar-refractivity contribution is 8.00. The van der Waals surface area contributed by atoms with E-state index in [-0.39, 0.29) is 30.9 Å². The van der Waals surface area contributed by atoms with Gasteiger partial charge in [0, 0.05) is 0 Å². The molecule has 2 amide bonds. The molecule has 9 heteroatoms. The number of thioether (sulfide) groups is 3. The molecule has 0 bridgehead atoms. The average Bonchev–Trinajstić information content (AvgIpc) is 3.24. The summed E-state index contributed by atoms with van der Waals surface area (Å²) in [6, 6.07) is 0. The fourth-order valence-electron chi connectivity index (χ4n) is 7.55. The highest BCUT2D eigenvalue weighted by Gasteiger charge is 2.17. The van der Waals surface area contributed by atoms with Crippen molar-refractivity contribution in [1.29, 1.82) is 0 Å². The molecule has 0 spiro atoms. The second kappa shape index (κ2) is 51.1. The van der Waals surface area contributed by atoms with Crippen LogP contribution in [0.3, 0.4) is 0 Å². The van der Waals surface area contributed by atoms with Gasteiger partial charge in [0.15, 0.2) is 0 Å². The maximum absolute atomic E-state index is 12.8. The molecule has 2 N–H and O–H groups in total. The molecular weight excluding hydrogens is 801 g/mol. The van der Waals surface area contributed by atoms with Gasteiger partial charge in [0.2, 0.25) is 11.8 Å². The van der Waals surface area contributed by atoms with Gasteiger partial charge in [0.05, 0.1) is 30.3 Å².